The Labute approximate surface area is 205 Å². The summed E-state index contributed by atoms with van der Waals surface area (Å²) in [5.41, 5.74) is 4.33. The van der Waals surface area contributed by atoms with E-state index in [1.165, 1.54) is 17.7 Å². The van der Waals surface area contributed by atoms with Gasteiger partial charge in [-0.3, -0.25) is 4.79 Å². The Morgan fingerprint density at radius 3 is 2.66 bits per heavy atom. The molecule has 32 heavy (non-hydrogen) atoms. The highest BCUT2D eigenvalue weighted by Crippen LogP contribution is 2.44. The van der Waals surface area contributed by atoms with E-state index in [0.717, 1.165) is 41.3 Å². The zero-order chi connectivity index (χ0) is 22.7. The van der Waals surface area contributed by atoms with Gasteiger partial charge in [0, 0.05) is 17.0 Å². The number of fused-ring (bicyclic) bond motifs is 1. The zero-order valence-corrected chi connectivity index (χ0v) is 20.2. The monoisotopic (exact) mass is 534 g/mol. The first-order valence-electron chi connectivity index (χ1n) is 10.3. The van der Waals surface area contributed by atoms with Gasteiger partial charge in [0.05, 0.1) is 22.2 Å². The van der Waals surface area contributed by atoms with Crippen molar-refractivity contribution in [2.75, 3.05) is 11.9 Å². The molecule has 0 radical (unpaired) electrons. The molecule has 0 saturated carbocycles. The van der Waals surface area contributed by atoms with Gasteiger partial charge < -0.3 is 14.6 Å². The van der Waals surface area contributed by atoms with Crippen molar-refractivity contribution >= 4 is 45.4 Å². The van der Waals surface area contributed by atoms with Crippen LogP contribution in [0.5, 0.6) is 17.2 Å². The Balaban J connectivity index is 1.64. The van der Waals surface area contributed by atoms with E-state index in [0.29, 0.717) is 29.4 Å². The molecule has 1 atom stereocenters. The molecule has 4 nitrogen and oxygen atoms in total. The van der Waals surface area contributed by atoms with E-state index >= 15 is 0 Å². The van der Waals surface area contributed by atoms with E-state index in [1.54, 1.807) is 0 Å². The van der Waals surface area contributed by atoms with Gasteiger partial charge in [0.2, 0.25) is 0 Å². The van der Waals surface area contributed by atoms with Gasteiger partial charge in [-0.15, -0.1) is 0 Å². The number of halogens is 3. The van der Waals surface area contributed by atoms with E-state index in [2.05, 4.69) is 22.0 Å². The van der Waals surface area contributed by atoms with E-state index in [9.17, 15) is 9.90 Å². The first kappa shape index (κ1) is 23.0. The summed E-state index contributed by atoms with van der Waals surface area (Å²) in [5.74, 6) is 0.860. The van der Waals surface area contributed by atoms with Gasteiger partial charge in [-0.25, -0.2) is 0 Å². The van der Waals surface area contributed by atoms with Crippen LogP contribution in [0, 0.1) is 0 Å². The molecular weight excluding hydrogens is 515 g/mol. The molecule has 0 amide bonds. The number of hydrogen-bond donors (Lipinski definition) is 1. The molecular formula is C25H21BrCl2O4. The number of rotatable bonds is 8. The van der Waals surface area contributed by atoms with Crippen molar-refractivity contribution in [3.63, 3.8) is 0 Å². The van der Waals surface area contributed by atoms with Gasteiger partial charge >= 0.3 is 0 Å². The second-order valence-corrected chi connectivity index (χ2v) is 9.06. The standard InChI is InChI=1S/C25H21BrCl2O4/c26-10-3-11-31-23-7-2-6-19(25(23)28)16-4-1-5-18-17(16)8-9-22(18)32-24-13-21(30)15(14-29)12-20(24)27/h1-2,4-7,12-14,22,30H,3,8-11H2/t22-/m0/s1. The van der Waals surface area contributed by atoms with E-state index in [4.69, 9.17) is 32.7 Å². The highest BCUT2D eigenvalue weighted by molar-refractivity contribution is 9.09. The van der Waals surface area contributed by atoms with Crippen LogP contribution in [-0.2, 0) is 6.42 Å². The molecule has 1 aliphatic carbocycles. The third kappa shape index (κ3) is 4.61. The molecule has 1 aliphatic rings. The quantitative estimate of drug-likeness (QED) is 0.185. The van der Waals surface area contributed by atoms with Crippen molar-refractivity contribution < 1.29 is 19.4 Å². The van der Waals surface area contributed by atoms with Gasteiger partial charge in [0.15, 0.2) is 6.29 Å². The number of ether oxygens (including phenoxy) is 2. The van der Waals surface area contributed by atoms with Crippen LogP contribution in [0.3, 0.4) is 0 Å². The molecule has 166 valence electrons. The van der Waals surface area contributed by atoms with Crippen molar-refractivity contribution in [3.05, 3.63) is 75.3 Å². The third-order valence-corrected chi connectivity index (χ3v) is 6.73. The lowest BCUT2D eigenvalue weighted by atomic mass is 9.96. The first-order chi connectivity index (χ1) is 15.5. The average molecular weight is 536 g/mol. The molecule has 0 aromatic heterocycles. The lowest BCUT2D eigenvalue weighted by molar-refractivity contribution is 0.112. The van der Waals surface area contributed by atoms with Crippen molar-refractivity contribution in [2.45, 2.75) is 25.4 Å². The highest BCUT2D eigenvalue weighted by atomic mass is 79.9. The van der Waals surface area contributed by atoms with Crippen LogP contribution >= 0.6 is 39.1 Å². The summed E-state index contributed by atoms with van der Waals surface area (Å²) >= 11 is 16.4. The molecule has 7 heteroatoms. The van der Waals surface area contributed by atoms with Gasteiger partial charge in [-0.05, 0) is 48.1 Å². The van der Waals surface area contributed by atoms with E-state index in [-0.39, 0.29) is 22.4 Å². The summed E-state index contributed by atoms with van der Waals surface area (Å²) < 4.78 is 12.0. The van der Waals surface area contributed by atoms with Crippen LogP contribution in [-0.4, -0.2) is 23.3 Å². The predicted molar refractivity (Wildman–Crippen MR) is 131 cm³/mol. The van der Waals surface area contributed by atoms with Crippen LogP contribution in [0.4, 0.5) is 0 Å². The number of hydrogen-bond acceptors (Lipinski definition) is 4. The number of carbonyl (C=O) groups is 1. The fourth-order valence-corrected chi connectivity index (χ4v) is 4.68. The molecule has 0 heterocycles. The smallest absolute Gasteiger partial charge is 0.153 e. The summed E-state index contributed by atoms with van der Waals surface area (Å²) in [6.45, 7) is 0.591. The van der Waals surface area contributed by atoms with Crippen LogP contribution in [0.2, 0.25) is 10.0 Å². The predicted octanol–water partition coefficient (Wildman–Crippen LogP) is 7.41. The van der Waals surface area contributed by atoms with Gasteiger partial charge in [-0.2, -0.15) is 0 Å². The minimum Gasteiger partial charge on any atom is -0.507 e. The number of aromatic hydroxyl groups is 1. The van der Waals surface area contributed by atoms with Crippen molar-refractivity contribution in [1.82, 2.24) is 0 Å². The summed E-state index contributed by atoms with van der Waals surface area (Å²) in [6, 6.07) is 14.7. The molecule has 0 aliphatic heterocycles. The summed E-state index contributed by atoms with van der Waals surface area (Å²) in [7, 11) is 0. The van der Waals surface area contributed by atoms with E-state index in [1.807, 2.05) is 30.3 Å². The SMILES string of the molecule is O=Cc1cc(Cl)c(O[C@H]2CCc3c(-c4cccc(OCCCBr)c4Cl)cccc32)cc1O. The summed E-state index contributed by atoms with van der Waals surface area (Å²) in [4.78, 5) is 11.0. The summed E-state index contributed by atoms with van der Waals surface area (Å²) in [5, 5.41) is 11.8. The molecule has 4 rings (SSSR count). The van der Waals surface area contributed by atoms with Gasteiger partial charge in [0.25, 0.3) is 0 Å². The largest absolute Gasteiger partial charge is 0.507 e. The molecule has 0 fully saturated rings. The molecule has 3 aromatic carbocycles. The highest BCUT2D eigenvalue weighted by Gasteiger charge is 2.28. The van der Waals surface area contributed by atoms with Crippen LogP contribution < -0.4 is 9.47 Å². The maximum atomic E-state index is 11.0. The summed E-state index contributed by atoms with van der Waals surface area (Å²) in [6.07, 6.45) is 2.81. The fraction of sp³-hybridized carbons (Fsp3) is 0.240. The molecule has 0 bridgehead atoms. The normalized spacial score (nSPS) is 14.8. The first-order valence-corrected chi connectivity index (χ1v) is 12.1. The molecule has 1 N–H and O–H groups in total. The Morgan fingerprint density at radius 2 is 1.88 bits per heavy atom. The minimum absolute atomic E-state index is 0.129. The number of alkyl halides is 1. The number of carbonyl (C=O) groups excluding carboxylic acids is 1. The molecule has 0 spiro atoms. The Bertz CT molecular complexity index is 1150. The van der Waals surface area contributed by atoms with Crippen molar-refractivity contribution in [1.29, 1.82) is 0 Å². The fourth-order valence-electron chi connectivity index (χ4n) is 3.95. The Morgan fingerprint density at radius 1 is 1.09 bits per heavy atom. The zero-order valence-electron chi connectivity index (χ0n) is 17.1. The Kier molecular flexibility index (Phi) is 7.29. The van der Waals surface area contributed by atoms with E-state index < -0.39 is 0 Å². The van der Waals surface area contributed by atoms with Gasteiger partial charge in [0.1, 0.15) is 23.4 Å². The molecule has 0 unspecified atom stereocenters. The number of phenolic OH excluding ortho intramolecular Hbond substituents is 1. The minimum atomic E-state index is -0.221. The van der Waals surface area contributed by atoms with Crippen LogP contribution in [0.25, 0.3) is 11.1 Å². The number of phenols is 1. The number of benzene rings is 3. The second-order valence-electron chi connectivity index (χ2n) is 7.49. The second kappa shape index (κ2) is 10.2. The van der Waals surface area contributed by atoms with Crippen LogP contribution in [0.1, 0.15) is 40.4 Å². The van der Waals surface area contributed by atoms with Crippen LogP contribution in [0.15, 0.2) is 48.5 Å². The number of aldehydes is 1. The topological polar surface area (TPSA) is 55.8 Å². The third-order valence-electron chi connectivity index (χ3n) is 5.48. The lowest BCUT2D eigenvalue weighted by Gasteiger charge is -2.18. The van der Waals surface area contributed by atoms with Crippen molar-refractivity contribution in [3.8, 4) is 28.4 Å². The Hall–Kier alpha value is -2.21. The molecule has 0 saturated heterocycles. The maximum absolute atomic E-state index is 11.0. The van der Waals surface area contributed by atoms with Crippen molar-refractivity contribution in [2.24, 2.45) is 0 Å². The maximum Gasteiger partial charge on any atom is 0.153 e. The average Bonchev–Trinajstić information content (AvgIpc) is 3.20. The lowest BCUT2D eigenvalue weighted by Crippen LogP contribution is -2.04. The van der Waals surface area contributed by atoms with Gasteiger partial charge in [-0.1, -0.05) is 69.5 Å². The molecule has 3 aromatic rings.